The predicted octanol–water partition coefficient (Wildman–Crippen LogP) is 3.37. The summed E-state index contributed by atoms with van der Waals surface area (Å²) in [6, 6.07) is 19.2. The minimum atomic E-state index is -4.17. The van der Waals surface area contributed by atoms with Crippen LogP contribution < -0.4 is 19.1 Å². The first-order chi connectivity index (χ1) is 18.1. The van der Waals surface area contributed by atoms with Crippen LogP contribution in [-0.4, -0.2) is 59.0 Å². The Bertz CT molecular complexity index is 1380. The first-order valence-corrected chi connectivity index (χ1v) is 13.4. The quantitative estimate of drug-likeness (QED) is 0.401. The fraction of sp³-hybridized carbons (Fsp3) is 0.286. The molecule has 1 N–H and O–H groups in total. The van der Waals surface area contributed by atoms with Crippen LogP contribution >= 0.6 is 0 Å². The SMILES string of the molecule is CNC(=O)[C@H](C)N(Cc1cccc(C)c1)C(=O)CN(c1ccc(OC)c(OC)c1)S(=O)(=O)c1ccccc1. The van der Waals surface area contributed by atoms with Gasteiger partial charge < -0.3 is 19.7 Å². The second-order valence-corrected chi connectivity index (χ2v) is 10.5. The van der Waals surface area contributed by atoms with Gasteiger partial charge in [-0.25, -0.2) is 8.42 Å². The number of nitrogens with zero attached hydrogens (tertiary/aromatic N) is 2. The number of anilines is 1. The van der Waals surface area contributed by atoms with E-state index in [9.17, 15) is 18.0 Å². The maximum atomic E-state index is 13.8. The van der Waals surface area contributed by atoms with E-state index in [1.54, 1.807) is 37.3 Å². The number of amides is 2. The van der Waals surface area contributed by atoms with Crippen LogP contribution in [0, 0.1) is 6.92 Å². The summed E-state index contributed by atoms with van der Waals surface area (Å²) in [5, 5.41) is 2.57. The second kappa shape index (κ2) is 12.5. The van der Waals surface area contributed by atoms with Crippen LogP contribution in [-0.2, 0) is 26.2 Å². The number of aryl methyl sites for hydroxylation is 1. The molecule has 10 heteroatoms. The van der Waals surface area contributed by atoms with E-state index in [0.717, 1.165) is 15.4 Å². The molecule has 0 unspecified atom stereocenters. The summed E-state index contributed by atoms with van der Waals surface area (Å²) in [6.07, 6.45) is 0. The van der Waals surface area contributed by atoms with E-state index in [4.69, 9.17) is 9.47 Å². The molecule has 202 valence electrons. The number of rotatable bonds is 11. The Kier molecular flexibility index (Phi) is 9.35. The first kappa shape index (κ1) is 28.5. The smallest absolute Gasteiger partial charge is 0.264 e. The third-order valence-electron chi connectivity index (χ3n) is 6.11. The van der Waals surface area contributed by atoms with Crippen LogP contribution in [0.5, 0.6) is 11.5 Å². The van der Waals surface area contributed by atoms with Gasteiger partial charge in [0.2, 0.25) is 11.8 Å². The Morgan fingerprint density at radius 2 is 1.61 bits per heavy atom. The van der Waals surface area contributed by atoms with E-state index in [1.165, 1.54) is 44.4 Å². The molecular formula is C28H33N3O6S. The summed E-state index contributed by atoms with van der Waals surface area (Å²) < 4.78 is 39.3. The molecule has 0 fully saturated rings. The summed E-state index contributed by atoms with van der Waals surface area (Å²) >= 11 is 0. The number of ether oxygens (including phenoxy) is 2. The van der Waals surface area contributed by atoms with E-state index in [-0.39, 0.29) is 23.0 Å². The maximum Gasteiger partial charge on any atom is 0.264 e. The fourth-order valence-electron chi connectivity index (χ4n) is 4.03. The molecule has 0 saturated carbocycles. The number of carbonyl (C=O) groups excluding carboxylic acids is 2. The minimum absolute atomic E-state index is 0.0205. The Morgan fingerprint density at radius 1 is 0.921 bits per heavy atom. The molecular weight excluding hydrogens is 506 g/mol. The Morgan fingerprint density at radius 3 is 2.21 bits per heavy atom. The highest BCUT2D eigenvalue weighted by atomic mass is 32.2. The molecule has 0 aromatic heterocycles. The highest BCUT2D eigenvalue weighted by molar-refractivity contribution is 7.92. The molecule has 1 atom stereocenters. The average Bonchev–Trinajstić information content (AvgIpc) is 2.93. The van der Waals surface area contributed by atoms with Crippen molar-refractivity contribution in [1.29, 1.82) is 0 Å². The summed E-state index contributed by atoms with van der Waals surface area (Å²) in [5.74, 6) is -0.193. The molecule has 0 aliphatic heterocycles. The van der Waals surface area contributed by atoms with Gasteiger partial charge in [0.15, 0.2) is 11.5 Å². The second-order valence-electron chi connectivity index (χ2n) is 8.66. The molecule has 9 nitrogen and oxygen atoms in total. The summed E-state index contributed by atoms with van der Waals surface area (Å²) in [6.45, 7) is 3.13. The van der Waals surface area contributed by atoms with Crippen molar-refractivity contribution < 1.29 is 27.5 Å². The van der Waals surface area contributed by atoms with Crippen molar-refractivity contribution in [2.75, 3.05) is 32.1 Å². The molecule has 0 spiro atoms. The molecule has 0 bridgehead atoms. The minimum Gasteiger partial charge on any atom is -0.493 e. The van der Waals surface area contributed by atoms with Gasteiger partial charge in [0, 0.05) is 19.7 Å². The van der Waals surface area contributed by atoms with Crippen molar-refractivity contribution in [2.24, 2.45) is 0 Å². The lowest BCUT2D eigenvalue weighted by molar-refractivity contribution is -0.139. The summed E-state index contributed by atoms with van der Waals surface area (Å²) in [7, 11) is 0.238. The Hall–Kier alpha value is -4.05. The normalized spacial score (nSPS) is 11.8. The average molecular weight is 540 g/mol. The van der Waals surface area contributed by atoms with Gasteiger partial charge in [-0.1, -0.05) is 48.0 Å². The van der Waals surface area contributed by atoms with Crippen molar-refractivity contribution in [3.05, 3.63) is 83.9 Å². The highest BCUT2D eigenvalue weighted by Crippen LogP contribution is 2.34. The third kappa shape index (κ3) is 6.44. The number of hydrogen-bond acceptors (Lipinski definition) is 6. The summed E-state index contributed by atoms with van der Waals surface area (Å²) in [5.41, 5.74) is 2.03. The van der Waals surface area contributed by atoms with E-state index in [1.807, 2.05) is 31.2 Å². The fourth-order valence-corrected chi connectivity index (χ4v) is 5.45. The molecule has 2 amide bonds. The van der Waals surface area contributed by atoms with Gasteiger partial charge in [-0.05, 0) is 43.7 Å². The van der Waals surface area contributed by atoms with Gasteiger partial charge in [-0.2, -0.15) is 0 Å². The summed E-state index contributed by atoms with van der Waals surface area (Å²) in [4.78, 5) is 27.8. The first-order valence-electron chi connectivity index (χ1n) is 12.0. The van der Waals surface area contributed by atoms with Gasteiger partial charge in [-0.15, -0.1) is 0 Å². The zero-order chi connectivity index (χ0) is 27.9. The number of hydrogen-bond donors (Lipinski definition) is 1. The van der Waals surface area contributed by atoms with Crippen molar-refractivity contribution in [3.63, 3.8) is 0 Å². The Balaban J connectivity index is 2.08. The lowest BCUT2D eigenvalue weighted by Crippen LogP contribution is -2.50. The molecule has 3 aromatic rings. The molecule has 0 radical (unpaired) electrons. The van der Waals surface area contributed by atoms with Crippen LogP contribution in [0.3, 0.4) is 0 Å². The van der Waals surface area contributed by atoms with Gasteiger partial charge in [0.1, 0.15) is 12.6 Å². The van der Waals surface area contributed by atoms with Crippen LogP contribution in [0.1, 0.15) is 18.1 Å². The monoisotopic (exact) mass is 539 g/mol. The molecule has 0 aliphatic carbocycles. The number of likely N-dealkylation sites (N-methyl/N-ethyl adjacent to an activating group) is 1. The molecule has 0 heterocycles. The molecule has 0 aliphatic rings. The number of carbonyl (C=O) groups is 2. The largest absolute Gasteiger partial charge is 0.493 e. The van der Waals surface area contributed by atoms with Crippen LogP contribution in [0.4, 0.5) is 5.69 Å². The van der Waals surface area contributed by atoms with Gasteiger partial charge in [0.05, 0.1) is 24.8 Å². The lowest BCUT2D eigenvalue weighted by atomic mass is 10.1. The molecule has 3 rings (SSSR count). The predicted molar refractivity (Wildman–Crippen MR) is 146 cm³/mol. The molecule has 38 heavy (non-hydrogen) atoms. The van der Waals surface area contributed by atoms with Crippen LogP contribution in [0.15, 0.2) is 77.7 Å². The number of sulfonamides is 1. The third-order valence-corrected chi connectivity index (χ3v) is 7.90. The van der Waals surface area contributed by atoms with Crippen molar-refractivity contribution in [1.82, 2.24) is 10.2 Å². The van der Waals surface area contributed by atoms with Crippen LogP contribution in [0.25, 0.3) is 0 Å². The van der Waals surface area contributed by atoms with Gasteiger partial charge >= 0.3 is 0 Å². The number of nitrogens with one attached hydrogen (secondary N) is 1. The maximum absolute atomic E-state index is 13.8. The number of methoxy groups -OCH3 is 2. The number of benzene rings is 3. The van der Waals surface area contributed by atoms with Gasteiger partial charge in [0.25, 0.3) is 10.0 Å². The van der Waals surface area contributed by atoms with E-state index >= 15 is 0 Å². The van der Waals surface area contributed by atoms with Crippen molar-refractivity contribution >= 4 is 27.5 Å². The zero-order valence-electron chi connectivity index (χ0n) is 22.2. The highest BCUT2D eigenvalue weighted by Gasteiger charge is 2.32. The van der Waals surface area contributed by atoms with Crippen LogP contribution in [0.2, 0.25) is 0 Å². The molecule has 3 aromatic carbocycles. The van der Waals surface area contributed by atoms with E-state index in [2.05, 4.69) is 5.32 Å². The van der Waals surface area contributed by atoms with Gasteiger partial charge in [-0.3, -0.25) is 13.9 Å². The zero-order valence-corrected chi connectivity index (χ0v) is 23.0. The topological polar surface area (TPSA) is 105 Å². The standard InChI is InChI=1S/C28H33N3O6S/c1-20-10-9-11-22(16-20)18-30(21(2)28(33)29-3)27(32)19-31(38(34,35)24-12-7-6-8-13-24)23-14-15-25(36-4)26(17-23)37-5/h6-17,21H,18-19H2,1-5H3,(H,29,33)/t21-/m0/s1. The molecule has 0 saturated heterocycles. The van der Waals surface area contributed by atoms with E-state index < -0.39 is 28.5 Å². The lowest BCUT2D eigenvalue weighted by Gasteiger charge is -2.32. The van der Waals surface area contributed by atoms with Crippen molar-refractivity contribution in [3.8, 4) is 11.5 Å². The van der Waals surface area contributed by atoms with Crippen molar-refractivity contribution in [2.45, 2.75) is 31.3 Å². The Labute approximate surface area is 224 Å². The van der Waals surface area contributed by atoms with E-state index in [0.29, 0.717) is 11.5 Å².